The van der Waals surface area contributed by atoms with Crippen molar-refractivity contribution in [2.45, 2.75) is 26.2 Å². The Labute approximate surface area is 79.5 Å². The molecule has 0 aromatic heterocycles. The lowest BCUT2D eigenvalue weighted by Crippen LogP contribution is -2.29. The second-order valence-electron chi connectivity index (χ2n) is 2.97. The maximum absolute atomic E-state index is 11.1. The van der Waals surface area contributed by atoms with E-state index in [9.17, 15) is 4.79 Å². The molecule has 0 saturated heterocycles. The maximum atomic E-state index is 11.1. The van der Waals surface area contributed by atoms with E-state index >= 15 is 0 Å². The molecule has 0 spiro atoms. The molecule has 0 rings (SSSR count). The quantitative estimate of drug-likeness (QED) is 0.639. The molecule has 4 heteroatoms. The highest BCUT2D eigenvalue weighted by Crippen LogP contribution is 1.95. The van der Waals surface area contributed by atoms with Gasteiger partial charge in [-0.1, -0.05) is 13.3 Å². The lowest BCUT2D eigenvalue weighted by molar-refractivity contribution is 0.107. The smallest absolute Gasteiger partial charge is 0.409 e. The minimum atomic E-state index is -0.304. The van der Waals surface area contributed by atoms with Gasteiger partial charge in [0.1, 0.15) is 0 Å². The number of nitrogens with zero attached hydrogens (tertiary/aromatic N) is 1. The largest absolute Gasteiger partial charge is 0.449 e. The summed E-state index contributed by atoms with van der Waals surface area (Å²) in [5.41, 5.74) is 0. The zero-order chi connectivity index (χ0) is 10.1. The molecule has 0 fully saturated rings. The Morgan fingerprint density at radius 2 is 2.15 bits per heavy atom. The average molecular weight is 189 g/mol. The zero-order valence-electron chi connectivity index (χ0n) is 8.45. The first-order valence-corrected chi connectivity index (χ1v) is 4.71. The molecule has 78 valence electrons. The van der Waals surface area contributed by atoms with Gasteiger partial charge in [-0.3, -0.25) is 0 Å². The second-order valence-corrected chi connectivity index (χ2v) is 2.97. The zero-order valence-corrected chi connectivity index (χ0v) is 8.45. The predicted molar refractivity (Wildman–Crippen MR) is 50.6 cm³/mol. The van der Waals surface area contributed by atoms with Crippen LogP contribution in [0.1, 0.15) is 26.2 Å². The highest BCUT2D eigenvalue weighted by atomic mass is 16.6. The number of carbonyl (C=O) groups excluding carboxylic acids is 1. The summed E-state index contributed by atoms with van der Waals surface area (Å²) in [7, 11) is 1.67. The Bertz CT molecular complexity index is 139. The van der Waals surface area contributed by atoms with Crippen molar-refractivity contribution in [3.63, 3.8) is 0 Å². The van der Waals surface area contributed by atoms with Crippen molar-refractivity contribution in [3.05, 3.63) is 0 Å². The van der Waals surface area contributed by atoms with E-state index in [1.807, 2.05) is 6.92 Å². The van der Waals surface area contributed by atoms with Crippen molar-refractivity contribution in [2.24, 2.45) is 0 Å². The Morgan fingerprint density at radius 3 is 2.69 bits per heavy atom. The van der Waals surface area contributed by atoms with Gasteiger partial charge in [0.2, 0.25) is 0 Å². The van der Waals surface area contributed by atoms with E-state index in [0.717, 1.165) is 12.8 Å². The lowest BCUT2D eigenvalue weighted by Gasteiger charge is -2.15. The second kappa shape index (κ2) is 7.86. The number of aliphatic hydroxyl groups is 1. The van der Waals surface area contributed by atoms with Gasteiger partial charge in [0.25, 0.3) is 0 Å². The fourth-order valence-corrected chi connectivity index (χ4v) is 0.813. The molecule has 13 heavy (non-hydrogen) atoms. The van der Waals surface area contributed by atoms with Gasteiger partial charge in [0.05, 0.1) is 6.61 Å². The molecule has 0 saturated carbocycles. The molecular formula is C9H19NO3. The summed E-state index contributed by atoms with van der Waals surface area (Å²) in [5, 5.41) is 8.53. The molecule has 0 unspecified atom stereocenters. The van der Waals surface area contributed by atoms with Crippen LogP contribution in [0.4, 0.5) is 4.79 Å². The third kappa shape index (κ3) is 6.40. The van der Waals surface area contributed by atoms with Crippen LogP contribution in [0.3, 0.4) is 0 Å². The van der Waals surface area contributed by atoms with Crippen LogP contribution in [-0.2, 0) is 4.74 Å². The number of hydrogen-bond acceptors (Lipinski definition) is 3. The number of aliphatic hydroxyl groups excluding tert-OH is 1. The van der Waals surface area contributed by atoms with Gasteiger partial charge in [-0.25, -0.2) is 4.79 Å². The minimum absolute atomic E-state index is 0.104. The Balaban J connectivity index is 3.45. The van der Waals surface area contributed by atoms with Crippen LogP contribution in [0.2, 0.25) is 0 Å². The Morgan fingerprint density at radius 1 is 1.46 bits per heavy atom. The van der Waals surface area contributed by atoms with Crippen LogP contribution in [0.5, 0.6) is 0 Å². The van der Waals surface area contributed by atoms with Crippen molar-refractivity contribution >= 4 is 6.09 Å². The Kier molecular flexibility index (Phi) is 7.39. The molecule has 0 aliphatic heterocycles. The summed E-state index contributed by atoms with van der Waals surface area (Å²) in [6, 6.07) is 0. The van der Waals surface area contributed by atoms with Crippen molar-refractivity contribution in [1.29, 1.82) is 0 Å². The number of carbonyl (C=O) groups is 1. The van der Waals surface area contributed by atoms with E-state index in [4.69, 9.17) is 9.84 Å². The van der Waals surface area contributed by atoms with E-state index < -0.39 is 0 Å². The number of hydrogen-bond donors (Lipinski definition) is 1. The van der Waals surface area contributed by atoms with E-state index in [1.54, 1.807) is 7.05 Å². The molecule has 1 N–H and O–H groups in total. The number of ether oxygens (including phenoxy) is 1. The third-order valence-corrected chi connectivity index (χ3v) is 1.69. The molecule has 0 aliphatic carbocycles. The standard InChI is InChI=1S/C9H19NO3/c1-3-4-8-13-9(12)10(2)6-5-7-11/h11H,3-8H2,1-2H3. The molecule has 0 aromatic rings. The predicted octanol–water partition coefficient (Wildman–Crippen LogP) is 1.24. The molecule has 0 bridgehead atoms. The normalized spacial score (nSPS) is 9.77. The summed E-state index contributed by atoms with van der Waals surface area (Å²) < 4.78 is 4.95. The topological polar surface area (TPSA) is 49.8 Å². The molecule has 0 radical (unpaired) electrons. The van der Waals surface area contributed by atoms with Crippen LogP contribution in [-0.4, -0.2) is 42.9 Å². The SMILES string of the molecule is CCCCOC(=O)N(C)CCCO. The number of amides is 1. The van der Waals surface area contributed by atoms with Gasteiger partial charge >= 0.3 is 6.09 Å². The van der Waals surface area contributed by atoms with E-state index in [2.05, 4.69) is 0 Å². The van der Waals surface area contributed by atoms with Crippen molar-refractivity contribution in [3.8, 4) is 0 Å². The molecule has 0 heterocycles. The van der Waals surface area contributed by atoms with Crippen LogP contribution >= 0.6 is 0 Å². The number of unbranched alkanes of at least 4 members (excludes halogenated alkanes) is 1. The molecule has 1 amide bonds. The highest BCUT2D eigenvalue weighted by molar-refractivity contribution is 5.67. The minimum Gasteiger partial charge on any atom is -0.449 e. The monoisotopic (exact) mass is 189 g/mol. The first-order valence-electron chi connectivity index (χ1n) is 4.71. The maximum Gasteiger partial charge on any atom is 0.409 e. The van der Waals surface area contributed by atoms with Gasteiger partial charge in [0, 0.05) is 20.2 Å². The summed E-state index contributed by atoms with van der Waals surface area (Å²) in [6.45, 7) is 3.18. The van der Waals surface area contributed by atoms with Gasteiger partial charge in [-0.05, 0) is 12.8 Å². The van der Waals surface area contributed by atoms with Gasteiger partial charge in [0.15, 0.2) is 0 Å². The molecule has 0 aliphatic rings. The summed E-state index contributed by atoms with van der Waals surface area (Å²) in [6.07, 6.45) is 2.22. The summed E-state index contributed by atoms with van der Waals surface area (Å²) in [5.74, 6) is 0. The average Bonchev–Trinajstić information content (AvgIpc) is 2.14. The summed E-state index contributed by atoms with van der Waals surface area (Å²) in [4.78, 5) is 12.6. The lowest BCUT2D eigenvalue weighted by atomic mass is 10.4. The van der Waals surface area contributed by atoms with E-state index in [0.29, 0.717) is 19.6 Å². The first-order chi connectivity index (χ1) is 6.22. The third-order valence-electron chi connectivity index (χ3n) is 1.69. The molecule has 0 atom stereocenters. The Hall–Kier alpha value is -0.770. The van der Waals surface area contributed by atoms with Gasteiger partial charge < -0.3 is 14.7 Å². The molecule has 4 nitrogen and oxygen atoms in total. The fraction of sp³-hybridized carbons (Fsp3) is 0.889. The van der Waals surface area contributed by atoms with Crippen LogP contribution < -0.4 is 0 Å². The molecule has 0 aromatic carbocycles. The highest BCUT2D eigenvalue weighted by Gasteiger charge is 2.07. The first kappa shape index (κ1) is 12.2. The van der Waals surface area contributed by atoms with Crippen molar-refractivity contribution in [2.75, 3.05) is 26.8 Å². The van der Waals surface area contributed by atoms with Crippen LogP contribution in [0.15, 0.2) is 0 Å². The van der Waals surface area contributed by atoms with Gasteiger partial charge in [-0.15, -0.1) is 0 Å². The van der Waals surface area contributed by atoms with Gasteiger partial charge in [-0.2, -0.15) is 0 Å². The van der Waals surface area contributed by atoms with E-state index in [1.165, 1.54) is 4.90 Å². The number of rotatable bonds is 6. The van der Waals surface area contributed by atoms with Crippen LogP contribution in [0.25, 0.3) is 0 Å². The molecular weight excluding hydrogens is 170 g/mol. The fourth-order valence-electron chi connectivity index (χ4n) is 0.813. The van der Waals surface area contributed by atoms with Crippen LogP contribution in [0, 0.1) is 0 Å². The van der Waals surface area contributed by atoms with E-state index in [-0.39, 0.29) is 12.7 Å². The summed E-state index contributed by atoms with van der Waals surface area (Å²) >= 11 is 0. The van der Waals surface area contributed by atoms with Crippen molar-refractivity contribution in [1.82, 2.24) is 4.90 Å². The van der Waals surface area contributed by atoms with Crippen molar-refractivity contribution < 1.29 is 14.6 Å².